The quantitative estimate of drug-likeness (QED) is 0.832. The number of nitrogens with zero attached hydrogens (tertiary/aromatic N) is 3. The van der Waals surface area contributed by atoms with Crippen LogP contribution in [0.4, 0.5) is 13.2 Å². The molecule has 0 spiro atoms. The van der Waals surface area contributed by atoms with Gasteiger partial charge in [-0.2, -0.15) is 18.3 Å². The van der Waals surface area contributed by atoms with E-state index in [4.69, 9.17) is 0 Å². The first-order chi connectivity index (χ1) is 13.2. The fraction of sp³-hybridized carbons (Fsp3) is 0.500. The van der Waals surface area contributed by atoms with E-state index in [1.807, 2.05) is 0 Å². The third kappa shape index (κ3) is 3.24. The maximum absolute atomic E-state index is 12.8. The van der Waals surface area contributed by atoms with Crippen molar-refractivity contribution in [2.24, 2.45) is 5.41 Å². The number of aliphatic hydroxyl groups is 1. The minimum absolute atomic E-state index is 0.182. The lowest BCUT2D eigenvalue weighted by Crippen LogP contribution is -2.38. The predicted octanol–water partition coefficient (Wildman–Crippen LogP) is 3.70. The van der Waals surface area contributed by atoms with Crippen molar-refractivity contribution in [3.63, 3.8) is 0 Å². The molecular formula is C20H22F3N3O2. The summed E-state index contributed by atoms with van der Waals surface area (Å²) in [6.45, 7) is 4.62. The van der Waals surface area contributed by atoms with Crippen LogP contribution < -0.4 is 0 Å². The Balaban J connectivity index is 1.64. The topological polar surface area (TPSA) is 69.5 Å². The van der Waals surface area contributed by atoms with Gasteiger partial charge in [-0.3, -0.25) is 0 Å². The molecule has 0 aliphatic carbocycles. The summed E-state index contributed by atoms with van der Waals surface area (Å²) in [6.07, 6.45) is -2.37. The average Bonchev–Trinajstić information content (AvgIpc) is 2.95. The van der Waals surface area contributed by atoms with Crippen LogP contribution in [0.3, 0.4) is 0 Å². The molecule has 2 aliphatic heterocycles. The van der Waals surface area contributed by atoms with E-state index >= 15 is 0 Å². The Morgan fingerprint density at radius 3 is 2.61 bits per heavy atom. The lowest BCUT2D eigenvalue weighted by atomic mass is 9.74. The number of piperidine rings is 1. The number of phenols is 1. The van der Waals surface area contributed by atoms with E-state index in [2.05, 4.69) is 15.1 Å². The molecule has 0 amide bonds. The van der Waals surface area contributed by atoms with Crippen LogP contribution in [0.1, 0.15) is 42.2 Å². The lowest BCUT2D eigenvalue weighted by molar-refractivity contribution is -0.137. The molecule has 4 rings (SSSR count). The smallest absolute Gasteiger partial charge is 0.416 e. The van der Waals surface area contributed by atoms with Crippen molar-refractivity contribution in [1.29, 1.82) is 0 Å². The van der Waals surface area contributed by atoms with E-state index in [9.17, 15) is 23.4 Å². The number of fused-ring (bicyclic) bond motifs is 2. The Labute approximate surface area is 160 Å². The molecule has 1 aromatic heterocycles. The molecule has 2 N–H and O–H groups in total. The molecule has 2 aromatic rings. The van der Waals surface area contributed by atoms with Crippen molar-refractivity contribution >= 4 is 0 Å². The van der Waals surface area contributed by atoms with Crippen LogP contribution >= 0.6 is 0 Å². The zero-order chi connectivity index (χ0) is 20.1. The van der Waals surface area contributed by atoms with Crippen LogP contribution in [0, 0.1) is 12.3 Å². The number of halogens is 3. The van der Waals surface area contributed by atoms with Gasteiger partial charge in [-0.1, -0.05) is 0 Å². The fourth-order valence-corrected chi connectivity index (χ4v) is 4.52. The van der Waals surface area contributed by atoms with Crippen LogP contribution in [-0.2, 0) is 6.18 Å². The third-order valence-corrected chi connectivity index (χ3v) is 6.06. The Morgan fingerprint density at radius 1 is 1.14 bits per heavy atom. The molecule has 2 saturated heterocycles. The molecule has 28 heavy (non-hydrogen) atoms. The first kappa shape index (κ1) is 19.1. The van der Waals surface area contributed by atoms with Gasteiger partial charge in [-0.25, -0.2) is 0 Å². The summed E-state index contributed by atoms with van der Waals surface area (Å²) in [5.41, 5.74) is 0.460. The number of aromatic nitrogens is 2. The second kappa shape index (κ2) is 6.70. The molecule has 0 saturated carbocycles. The van der Waals surface area contributed by atoms with E-state index in [-0.39, 0.29) is 11.0 Å². The number of alkyl halides is 3. The van der Waals surface area contributed by atoms with Crippen molar-refractivity contribution in [1.82, 2.24) is 15.1 Å². The van der Waals surface area contributed by atoms with Crippen molar-refractivity contribution in [2.75, 3.05) is 19.6 Å². The minimum Gasteiger partial charge on any atom is -0.507 e. The van der Waals surface area contributed by atoms with Crippen molar-refractivity contribution in [3.8, 4) is 17.0 Å². The summed E-state index contributed by atoms with van der Waals surface area (Å²) in [7, 11) is 0. The summed E-state index contributed by atoms with van der Waals surface area (Å²) in [6, 6.07) is 4.51. The van der Waals surface area contributed by atoms with Crippen LogP contribution in [-0.4, -0.2) is 44.9 Å². The minimum atomic E-state index is -4.53. The predicted molar refractivity (Wildman–Crippen MR) is 96.6 cm³/mol. The van der Waals surface area contributed by atoms with E-state index in [0.29, 0.717) is 23.0 Å². The highest BCUT2D eigenvalue weighted by atomic mass is 19.4. The van der Waals surface area contributed by atoms with Crippen LogP contribution in [0.15, 0.2) is 24.3 Å². The van der Waals surface area contributed by atoms with Crippen LogP contribution in [0.5, 0.6) is 5.75 Å². The van der Waals surface area contributed by atoms with Crippen LogP contribution in [0.25, 0.3) is 11.3 Å². The van der Waals surface area contributed by atoms with Gasteiger partial charge in [-0.15, -0.1) is 5.10 Å². The van der Waals surface area contributed by atoms with Gasteiger partial charge in [0.25, 0.3) is 0 Å². The molecule has 2 fully saturated rings. The summed E-state index contributed by atoms with van der Waals surface area (Å²) in [5.74, 6) is -0.502. The Hall–Kier alpha value is -2.19. The highest BCUT2D eigenvalue weighted by Gasteiger charge is 2.47. The number of hydrogen-bond donors (Lipinski definition) is 2. The molecule has 3 heterocycles. The molecule has 2 bridgehead atoms. The van der Waals surface area contributed by atoms with Crippen LogP contribution in [0.2, 0.25) is 0 Å². The van der Waals surface area contributed by atoms with Gasteiger partial charge in [0.05, 0.1) is 17.0 Å². The number of rotatable bonds is 3. The number of aromatic hydroxyl groups is 1. The summed E-state index contributed by atoms with van der Waals surface area (Å²) in [4.78, 5) is 2.35. The highest BCUT2D eigenvalue weighted by Crippen LogP contribution is 2.48. The van der Waals surface area contributed by atoms with E-state index < -0.39 is 23.6 Å². The number of hydrogen-bond acceptors (Lipinski definition) is 5. The van der Waals surface area contributed by atoms with E-state index in [0.717, 1.165) is 45.0 Å². The Bertz CT molecular complexity index is 899. The van der Waals surface area contributed by atoms with Gasteiger partial charge in [-0.05, 0) is 69.1 Å². The maximum Gasteiger partial charge on any atom is 0.416 e. The first-order valence-electron chi connectivity index (χ1n) is 9.35. The lowest BCUT2D eigenvalue weighted by Gasteiger charge is -2.37. The van der Waals surface area contributed by atoms with Crippen molar-refractivity contribution < 1.29 is 23.4 Å². The maximum atomic E-state index is 12.8. The van der Waals surface area contributed by atoms with Crippen molar-refractivity contribution in [3.05, 3.63) is 41.1 Å². The molecule has 3 unspecified atom stereocenters. The van der Waals surface area contributed by atoms with Gasteiger partial charge in [0.15, 0.2) is 0 Å². The molecule has 0 radical (unpaired) electrons. The third-order valence-electron chi connectivity index (χ3n) is 6.06. The molecule has 5 nitrogen and oxygen atoms in total. The summed E-state index contributed by atoms with van der Waals surface area (Å²) in [5, 5.41) is 29.4. The Morgan fingerprint density at radius 2 is 1.93 bits per heavy atom. The average molecular weight is 393 g/mol. The van der Waals surface area contributed by atoms with Crippen molar-refractivity contribution in [2.45, 2.75) is 38.5 Å². The largest absolute Gasteiger partial charge is 0.507 e. The molecule has 3 atom stereocenters. The summed E-state index contributed by atoms with van der Waals surface area (Å²) >= 11 is 0. The number of benzene rings is 1. The fourth-order valence-electron chi connectivity index (χ4n) is 4.52. The van der Waals surface area contributed by atoms with E-state index in [1.165, 1.54) is 6.07 Å². The number of aryl methyl sites for hydroxylation is 1. The van der Waals surface area contributed by atoms with Gasteiger partial charge < -0.3 is 15.1 Å². The second-order valence-electron chi connectivity index (χ2n) is 7.93. The number of aliphatic hydroxyl groups excluding tert-OH is 1. The SMILES string of the molecule is Cc1cc(C(O)C23CCCN(CC2)C3)nnc1-c1ccc(C(F)(F)F)cc1O. The molecule has 1 aromatic carbocycles. The Kier molecular flexibility index (Phi) is 4.58. The van der Waals surface area contributed by atoms with Gasteiger partial charge in [0, 0.05) is 17.5 Å². The summed E-state index contributed by atoms with van der Waals surface area (Å²) < 4.78 is 38.4. The molecule has 150 valence electrons. The zero-order valence-electron chi connectivity index (χ0n) is 15.5. The van der Waals surface area contributed by atoms with Gasteiger partial charge >= 0.3 is 6.18 Å². The first-order valence-corrected chi connectivity index (χ1v) is 9.35. The molecule has 2 aliphatic rings. The zero-order valence-corrected chi connectivity index (χ0v) is 15.5. The van der Waals surface area contributed by atoms with Gasteiger partial charge in [0.1, 0.15) is 11.9 Å². The van der Waals surface area contributed by atoms with Gasteiger partial charge in [0.2, 0.25) is 0 Å². The number of phenolic OH excluding ortho intramolecular Hbond substituents is 1. The molecule has 8 heteroatoms. The molecular weight excluding hydrogens is 371 g/mol. The van der Waals surface area contributed by atoms with E-state index in [1.54, 1.807) is 13.0 Å². The monoisotopic (exact) mass is 393 g/mol. The normalized spacial score (nSPS) is 25.7. The highest BCUT2D eigenvalue weighted by molar-refractivity contribution is 5.69. The standard InChI is InChI=1S/C20H22F3N3O2/c1-12-9-15(18(28)19-5-2-7-26(11-19)8-6-19)24-25-17(12)14-4-3-13(10-16(14)27)20(21,22)23/h3-4,9-10,18,27-28H,2,5-8,11H2,1H3. The second-order valence-corrected chi connectivity index (χ2v) is 7.93.